The van der Waals surface area contributed by atoms with Gasteiger partial charge in [0.05, 0.1) is 7.57 Å². The van der Waals surface area contributed by atoms with Crippen molar-refractivity contribution in [2.24, 2.45) is 0 Å². The fourth-order valence-corrected chi connectivity index (χ4v) is 0. The largest absolute Gasteiger partial charge is 0.304 e. The van der Waals surface area contributed by atoms with Gasteiger partial charge in [0.2, 0.25) is 0 Å². The second-order valence-corrected chi connectivity index (χ2v) is 2.81. The lowest BCUT2D eigenvalue weighted by Crippen LogP contribution is -1.69. The van der Waals surface area contributed by atoms with Gasteiger partial charge in [-0.25, -0.2) is 0 Å². The Balaban J connectivity index is -0.0000000646. The Hall–Kier alpha value is 0.595. The van der Waals surface area contributed by atoms with Crippen LogP contribution in [0.25, 0.3) is 0 Å². The fourth-order valence-electron chi connectivity index (χ4n) is 0. The molecule has 2 atom stereocenters. The lowest BCUT2D eigenvalue weighted by Gasteiger charge is -1.79. The lowest BCUT2D eigenvalue weighted by atomic mass is 10.6. The molecule has 0 aliphatic carbocycles. The molecule has 0 saturated heterocycles. The van der Waals surface area contributed by atoms with Gasteiger partial charge >= 0.3 is 0 Å². The zero-order valence-corrected chi connectivity index (χ0v) is 8.60. The minimum atomic E-state index is 0.750. The van der Waals surface area contributed by atoms with E-state index < -0.39 is 0 Å². The molecule has 0 aliphatic rings. The topological polar surface area (TPSA) is 17.1 Å². The highest BCUT2D eigenvalue weighted by molar-refractivity contribution is 7.49. The van der Waals surface area contributed by atoms with Crippen molar-refractivity contribution in [1.82, 2.24) is 0 Å². The van der Waals surface area contributed by atoms with Crippen molar-refractivity contribution in [3.63, 3.8) is 0 Å². The fraction of sp³-hybridized carbons (Fsp3) is 0.800. The molecule has 0 saturated carbocycles. The molecule has 4 heteroatoms. The smallest absolute Gasteiger partial charge is 0.116 e. The van der Waals surface area contributed by atoms with Gasteiger partial charge in [-0.2, -0.15) is 9.12 Å². The SMILES string of the molecule is CC(C)P.CC=O.[B]P. The molecule has 2 radical (unpaired) electrons. The predicted molar refractivity (Wildman–Crippen MR) is 52.0 cm³/mol. The van der Waals surface area contributed by atoms with Gasteiger partial charge in [0.15, 0.2) is 0 Å². The maximum atomic E-state index is 8.81. The van der Waals surface area contributed by atoms with Crippen LogP contribution in [0.1, 0.15) is 20.8 Å². The van der Waals surface area contributed by atoms with E-state index in [9.17, 15) is 0 Å². The molecular weight excluding hydrogens is 149 g/mol. The quantitative estimate of drug-likeness (QED) is 0.300. The highest BCUT2D eigenvalue weighted by Gasteiger charge is 1.68. The van der Waals surface area contributed by atoms with E-state index in [1.807, 2.05) is 9.12 Å². The van der Waals surface area contributed by atoms with Gasteiger partial charge < -0.3 is 4.79 Å². The summed E-state index contributed by atoms with van der Waals surface area (Å²) in [4.78, 5) is 8.81. The first-order valence-electron chi connectivity index (χ1n) is 2.63. The second-order valence-electron chi connectivity index (χ2n) is 1.48. The Morgan fingerprint density at radius 2 is 1.44 bits per heavy atom. The van der Waals surface area contributed by atoms with E-state index in [0.29, 0.717) is 0 Å². The zero-order valence-electron chi connectivity index (χ0n) is 6.29. The van der Waals surface area contributed by atoms with Gasteiger partial charge in [0.1, 0.15) is 6.29 Å². The Morgan fingerprint density at radius 1 is 1.44 bits per heavy atom. The van der Waals surface area contributed by atoms with Crippen LogP contribution in [0.2, 0.25) is 0 Å². The Morgan fingerprint density at radius 3 is 1.44 bits per heavy atom. The van der Waals surface area contributed by atoms with E-state index in [1.165, 1.54) is 6.92 Å². The summed E-state index contributed by atoms with van der Waals surface area (Å²) < 4.78 is 0. The molecule has 0 fully saturated rings. The van der Waals surface area contributed by atoms with Crippen molar-refractivity contribution in [2.45, 2.75) is 26.4 Å². The predicted octanol–water partition coefficient (Wildman–Crippen LogP) is 1.42. The monoisotopic (exact) mass is 164 g/mol. The van der Waals surface area contributed by atoms with Crippen LogP contribution in [0.3, 0.4) is 0 Å². The van der Waals surface area contributed by atoms with Crippen LogP contribution < -0.4 is 0 Å². The molecule has 0 aromatic rings. The van der Waals surface area contributed by atoms with Crippen molar-refractivity contribution >= 4 is 32.2 Å². The van der Waals surface area contributed by atoms with E-state index >= 15 is 0 Å². The van der Waals surface area contributed by atoms with Crippen molar-refractivity contribution in [1.29, 1.82) is 0 Å². The molecular formula is C5H15BOP2. The van der Waals surface area contributed by atoms with E-state index in [-0.39, 0.29) is 0 Å². The normalized spacial score (nSPS) is 6.00. The van der Waals surface area contributed by atoms with Crippen molar-refractivity contribution in [2.75, 3.05) is 0 Å². The Kier molecular flexibility index (Phi) is 42.5. The first kappa shape index (κ1) is 16.3. The number of hydrogen-bond donors (Lipinski definition) is 0. The van der Waals surface area contributed by atoms with Crippen molar-refractivity contribution < 1.29 is 4.79 Å². The summed E-state index contributed by atoms with van der Waals surface area (Å²) in [6.07, 6.45) is 0.750. The molecule has 1 nitrogen and oxygen atoms in total. The van der Waals surface area contributed by atoms with Gasteiger partial charge in [0.25, 0.3) is 0 Å². The summed E-state index contributed by atoms with van der Waals surface area (Å²) in [5.74, 6) is 0. The number of aldehydes is 1. The number of carbonyl (C=O) groups excluding carboxylic acids is 1. The van der Waals surface area contributed by atoms with Gasteiger partial charge in [-0.1, -0.05) is 13.8 Å². The average Bonchev–Trinajstić information content (AvgIpc) is 1.71. The van der Waals surface area contributed by atoms with Crippen LogP contribution >= 0.6 is 18.4 Å². The van der Waals surface area contributed by atoms with Crippen LogP contribution in [0.4, 0.5) is 0 Å². The highest BCUT2D eigenvalue weighted by atomic mass is 31.0. The summed E-state index contributed by atoms with van der Waals surface area (Å²) in [5, 5.41) is 0. The molecule has 0 aliphatic heterocycles. The maximum Gasteiger partial charge on any atom is 0.116 e. The zero-order chi connectivity index (χ0) is 8.28. The molecule has 0 bridgehead atoms. The number of rotatable bonds is 0. The highest BCUT2D eigenvalue weighted by Crippen LogP contribution is 1.90. The molecule has 0 spiro atoms. The van der Waals surface area contributed by atoms with E-state index in [1.54, 1.807) is 0 Å². The number of hydrogen-bond acceptors (Lipinski definition) is 1. The maximum absolute atomic E-state index is 8.81. The Bertz CT molecular complexity index is 39.2. The molecule has 2 unspecified atom stereocenters. The van der Waals surface area contributed by atoms with Gasteiger partial charge in [-0.05, 0) is 12.6 Å². The summed E-state index contributed by atoms with van der Waals surface area (Å²) in [6, 6.07) is 0. The van der Waals surface area contributed by atoms with Crippen LogP contribution in [0.5, 0.6) is 0 Å². The van der Waals surface area contributed by atoms with Crippen LogP contribution in [0.15, 0.2) is 0 Å². The minimum absolute atomic E-state index is 0.750. The third-order valence-electron chi connectivity index (χ3n) is 0. The Labute approximate surface area is 64.1 Å². The van der Waals surface area contributed by atoms with Crippen molar-refractivity contribution in [3.05, 3.63) is 0 Å². The van der Waals surface area contributed by atoms with Gasteiger partial charge in [-0.3, -0.25) is 0 Å². The first-order valence-corrected chi connectivity index (χ1v) is 3.97. The molecule has 0 aromatic carbocycles. The average molecular weight is 164 g/mol. The standard InChI is InChI=1S/C3H9P.C2H4O.BH2P/c1-3(2)4;1-2-3;1-2/h3H,4H2,1-2H3;2H,1H3;2H2. The van der Waals surface area contributed by atoms with Crippen LogP contribution in [-0.2, 0) is 4.79 Å². The molecule has 0 aromatic heterocycles. The lowest BCUT2D eigenvalue weighted by molar-refractivity contribution is -0.106. The number of carbonyl (C=O) groups is 1. The summed E-state index contributed by atoms with van der Waals surface area (Å²) in [6.45, 7) is 5.70. The van der Waals surface area contributed by atoms with E-state index in [4.69, 9.17) is 4.79 Å². The first-order chi connectivity index (χ1) is 4.15. The molecule has 0 N–H and O–H groups in total. The van der Waals surface area contributed by atoms with Crippen molar-refractivity contribution in [3.8, 4) is 0 Å². The summed E-state index contributed by atoms with van der Waals surface area (Å²) >= 11 is 0. The van der Waals surface area contributed by atoms with E-state index in [0.717, 1.165) is 11.9 Å². The second kappa shape index (κ2) is 23.5. The molecule has 0 rings (SSSR count). The molecule has 0 amide bonds. The molecule has 9 heavy (non-hydrogen) atoms. The molecule has 54 valence electrons. The summed E-state index contributed by atoms with van der Waals surface area (Å²) in [7, 11) is 8.99. The summed E-state index contributed by atoms with van der Waals surface area (Å²) in [5.41, 5.74) is 0.750. The van der Waals surface area contributed by atoms with Gasteiger partial charge in [-0.15, -0.1) is 9.24 Å². The van der Waals surface area contributed by atoms with Crippen LogP contribution in [-0.4, -0.2) is 19.5 Å². The minimum Gasteiger partial charge on any atom is -0.304 e. The van der Waals surface area contributed by atoms with E-state index in [2.05, 4.69) is 30.7 Å². The van der Waals surface area contributed by atoms with Gasteiger partial charge in [0, 0.05) is 0 Å². The molecule has 0 heterocycles. The third-order valence-corrected chi connectivity index (χ3v) is 0. The van der Waals surface area contributed by atoms with Crippen LogP contribution in [0, 0.1) is 0 Å². The third kappa shape index (κ3) is 1060.